The lowest BCUT2D eigenvalue weighted by Crippen LogP contribution is -2.04. The molecule has 0 bridgehead atoms. The van der Waals surface area contributed by atoms with Crippen LogP contribution in [0, 0.1) is 6.92 Å². The summed E-state index contributed by atoms with van der Waals surface area (Å²) in [6.45, 7) is 10.2. The third kappa shape index (κ3) is 4.03. The van der Waals surface area contributed by atoms with Crippen molar-refractivity contribution in [1.29, 1.82) is 0 Å². The molecule has 0 aromatic carbocycles. The van der Waals surface area contributed by atoms with Crippen molar-refractivity contribution >= 4 is 0 Å². The van der Waals surface area contributed by atoms with Crippen molar-refractivity contribution in [3.8, 4) is 0 Å². The zero-order valence-corrected chi connectivity index (χ0v) is 10.9. The summed E-state index contributed by atoms with van der Waals surface area (Å²) in [6.07, 6.45) is 9.22. The van der Waals surface area contributed by atoms with Gasteiger partial charge in [-0.15, -0.1) is 0 Å². The second-order valence-electron chi connectivity index (χ2n) is 3.30. The summed E-state index contributed by atoms with van der Waals surface area (Å²) >= 11 is 0. The van der Waals surface area contributed by atoms with Crippen LogP contribution in [0.1, 0.15) is 57.2 Å². The van der Waals surface area contributed by atoms with E-state index in [1.807, 2.05) is 40.1 Å². The van der Waals surface area contributed by atoms with Crippen LogP contribution in [0.15, 0.2) is 12.4 Å². The van der Waals surface area contributed by atoms with E-state index >= 15 is 0 Å². The average molecular weight is 207 g/mol. The lowest BCUT2D eigenvalue weighted by molar-refractivity contribution is 0.678. The molecule has 0 radical (unpaired) electrons. The molecular formula is C14H25N. The third-order valence-corrected chi connectivity index (χ3v) is 2.49. The highest BCUT2D eigenvalue weighted by atomic mass is 14.6. The predicted molar refractivity (Wildman–Crippen MR) is 68.3 cm³/mol. The van der Waals surface area contributed by atoms with Crippen LogP contribution >= 0.6 is 0 Å². The average Bonchev–Trinajstić information content (AvgIpc) is 2.35. The van der Waals surface area contributed by atoms with E-state index in [2.05, 4.69) is 11.9 Å². The van der Waals surface area contributed by atoms with Crippen LogP contribution in [-0.4, -0.2) is 4.98 Å². The minimum absolute atomic E-state index is 1.24. The Balaban J connectivity index is 0.000000442. The maximum Gasteiger partial charge on any atom is 0.0302 e. The van der Waals surface area contributed by atoms with Crippen molar-refractivity contribution in [1.82, 2.24) is 4.98 Å². The Morgan fingerprint density at radius 1 is 0.933 bits per heavy atom. The molecule has 2 rings (SSSR count). The van der Waals surface area contributed by atoms with Crippen LogP contribution in [0.2, 0.25) is 0 Å². The molecular weight excluding hydrogens is 182 g/mol. The highest BCUT2D eigenvalue weighted by Gasteiger charge is 2.10. The Kier molecular flexibility index (Phi) is 7.98. The largest absolute Gasteiger partial charge is 0.264 e. The first-order valence-electron chi connectivity index (χ1n) is 6.30. The van der Waals surface area contributed by atoms with Gasteiger partial charge in [-0.2, -0.15) is 0 Å². The Bertz CT molecular complexity index is 266. The van der Waals surface area contributed by atoms with Gasteiger partial charge >= 0.3 is 0 Å². The normalized spacial score (nSPS) is 12.6. The number of hydrogen-bond acceptors (Lipinski definition) is 1. The van der Waals surface area contributed by atoms with Crippen molar-refractivity contribution in [2.24, 2.45) is 0 Å². The van der Waals surface area contributed by atoms with Gasteiger partial charge in [0.2, 0.25) is 0 Å². The minimum Gasteiger partial charge on any atom is -0.264 e. The quantitative estimate of drug-likeness (QED) is 0.617. The van der Waals surface area contributed by atoms with E-state index in [-0.39, 0.29) is 0 Å². The molecule has 86 valence electrons. The molecule has 1 aliphatic rings. The molecule has 0 saturated carbocycles. The van der Waals surface area contributed by atoms with E-state index < -0.39 is 0 Å². The molecule has 1 aromatic rings. The molecule has 0 amide bonds. The number of nitrogens with zero attached hydrogens (tertiary/aromatic N) is 1. The molecule has 1 nitrogen and oxygen atoms in total. The van der Waals surface area contributed by atoms with E-state index in [1.165, 1.54) is 36.8 Å². The van der Waals surface area contributed by atoms with E-state index in [0.717, 1.165) is 0 Å². The van der Waals surface area contributed by atoms with Crippen LogP contribution < -0.4 is 0 Å². The monoisotopic (exact) mass is 207 g/mol. The van der Waals surface area contributed by atoms with Crippen LogP contribution in [0.3, 0.4) is 0 Å². The standard InChI is InChI=1S/C10H13N.2C2H6/c1-8-6-11-7-9-4-2-3-5-10(8)9;2*1-2/h6-7H,2-5H2,1H3;2*1-2H3. The van der Waals surface area contributed by atoms with Gasteiger partial charge < -0.3 is 0 Å². The fourth-order valence-corrected chi connectivity index (χ4v) is 1.84. The summed E-state index contributed by atoms with van der Waals surface area (Å²) in [5.41, 5.74) is 4.42. The van der Waals surface area contributed by atoms with Gasteiger partial charge in [-0.1, -0.05) is 27.7 Å². The number of aryl methyl sites for hydroxylation is 2. The van der Waals surface area contributed by atoms with Crippen LogP contribution in [0.5, 0.6) is 0 Å². The van der Waals surface area contributed by atoms with E-state index in [1.54, 1.807) is 5.56 Å². The first-order chi connectivity index (χ1) is 7.38. The van der Waals surface area contributed by atoms with Crippen LogP contribution in [0.25, 0.3) is 0 Å². The molecule has 0 unspecified atom stereocenters. The molecule has 0 fully saturated rings. The first-order valence-corrected chi connectivity index (χ1v) is 6.30. The summed E-state index contributed by atoms with van der Waals surface area (Å²) < 4.78 is 0. The zero-order valence-electron chi connectivity index (χ0n) is 10.9. The lowest BCUT2D eigenvalue weighted by Gasteiger charge is -2.16. The molecule has 1 aliphatic carbocycles. The Morgan fingerprint density at radius 2 is 1.53 bits per heavy atom. The molecule has 0 spiro atoms. The van der Waals surface area contributed by atoms with Crippen molar-refractivity contribution < 1.29 is 0 Å². The molecule has 0 N–H and O–H groups in total. The summed E-state index contributed by atoms with van der Waals surface area (Å²) in [5.74, 6) is 0. The minimum atomic E-state index is 1.24. The van der Waals surface area contributed by atoms with Gasteiger partial charge in [-0.25, -0.2) is 0 Å². The van der Waals surface area contributed by atoms with Gasteiger partial charge in [0.15, 0.2) is 0 Å². The second kappa shape index (κ2) is 8.46. The lowest BCUT2D eigenvalue weighted by atomic mass is 9.91. The summed E-state index contributed by atoms with van der Waals surface area (Å²) in [6, 6.07) is 0. The topological polar surface area (TPSA) is 12.9 Å². The van der Waals surface area contributed by atoms with Crippen molar-refractivity contribution in [3.63, 3.8) is 0 Å². The van der Waals surface area contributed by atoms with Crippen molar-refractivity contribution in [3.05, 3.63) is 29.1 Å². The van der Waals surface area contributed by atoms with Crippen molar-refractivity contribution in [2.75, 3.05) is 0 Å². The van der Waals surface area contributed by atoms with Gasteiger partial charge in [0.25, 0.3) is 0 Å². The maximum atomic E-state index is 4.20. The van der Waals surface area contributed by atoms with E-state index in [0.29, 0.717) is 0 Å². The Labute approximate surface area is 94.9 Å². The smallest absolute Gasteiger partial charge is 0.0302 e. The van der Waals surface area contributed by atoms with E-state index in [4.69, 9.17) is 0 Å². The van der Waals surface area contributed by atoms with Gasteiger partial charge in [-0.3, -0.25) is 4.98 Å². The molecule has 0 atom stereocenters. The SMILES string of the molecule is CC.CC.Cc1cncc2c1CCCC2. The molecule has 1 aromatic heterocycles. The van der Waals surface area contributed by atoms with Gasteiger partial charge in [0, 0.05) is 12.4 Å². The molecule has 15 heavy (non-hydrogen) atoms. The molecule has 1 heterocycles. The highest BCUT2D eigenvalue weighted by Crippen LogP contribution is 2.22. The predicted octanol–water partition coefficient (Wildman–Crippen LogP) is 4.32. The highest BCUT2D eigenvalue weighted by molar-refractivity contribution is 5.32. The van der Waals surface area contributed by atoms with Crippen molar-refractivity contribution in [2.45, 2.75) is 60.3 Å². The van der Waals surface area contributed by atoms with E-state index in [9.17, 15) is 0 Å². The van der Waals surface area contributed by atoms with Gasteiger partial charge in [0.1, 0.15) is 0 Å². The summed E-state index contributed by atoms with van der Waals surface area (Å²) in [5, 5.41) is 0. The summed E-state index contributed by atoms with van der Waals surface area (Å²) in [7, 11) is 0. The fraction of sp³-hybridized carbons (Fsp3) is 0.643. The fourth-order valence-electron chi connectivity index (χ4n) is 1.84. The number of aromatic nitrogens is 1. The zero-order chi connectivity index (χ0) is 11.7. The van der Waals surface area contributed by atoms with Crippen LogP contribution in [-0.2, 0) is 12.8 Å². The summed E-state index contributed by atoms with van der Waals surface area (Å²) in [4.78, 5) is 4.20. The molecule has 0 saturated heterocycles. The molecule has 1 heteroatoms. The maximum absolute atomic E-state index is 4.20. The third-order valence-electron chi connectivity index (χ3n) is 2.49. The van der Waals surface area contributed by atoms with Gasteiger partial charge in [0.05, 0.1) is 0 Å². The molecule has 0 aliphatic heterocycles. The number of pyridine rings is 1. The number of hydrogen-bond donors (Lipinski definition) is 0. The first kappa shape index (κ1) is 14.2. The van der Waals surface area contributed by atoms with Gasteiger partial charge in [-0.05, 0) is 49.3 Å². The second-order valence-corrected chi connectivity index (χ2v) is 3.30. The Hall–Kier alpha value is -0.850. The van der Waals surface area contributed by atoms with Crippen LogP contribution in [0.4, 0.5) is 0 Å². The number of rotatable bonds is 0. The Morgan fingerprint density at radius 3 is 2.13 bits per heavy atom. The number of fused-ring (bicyclic) bond motifs is 1.